The molecule has 0 aliphatic carbocycles. The average Bonchev–Trinajstić information content (AvgIpc) is 2.68. The maximum absolute atomic E-state index is 5.94. The third-order valence-electron chi connectivity index (χ3n) is 3.50. The second-order valence-corrected chi connectivity index (χ2v) is 6.36. The fourth-order valence-electron chi connectivity index (χ4n) is 2.40. The largest absolute Gasteiger partial charge is 0.398 e. The highest BCUT2D eigenvalue weighted by Crippen LogP contribution is 2.27. The molecule has 2 N–H and O–H groups in total. The summed E-state index contributed by atoms with van der Waals surface area (Å²) in [4.78, 5) is 0. The lowest BCUT2D eigenvalue weighted by atomic mass is 10.2. The van der Waals surface area contributed by atoms with Gasteiger partial charge in [-0.15, -0.1) is 10.2 Å². The summed E-state index contributed by atoms with van der Waals surface area (Å²) >= 11 is 7.64. The summed E-state index contributed by atoms with van der Waals surface area (Å²) in [6, 6.07) is 5.78. The van der Waals surface area contributed by atoms with Crippen LogP contribution < -0.4 is 5.73 Å². The molecule has 20 heavy (non-hydrogen) atoms. The van der Waals surface area contributed by atoms with Crippen LogP contribution in [0.15, 0.2) is 23.4 Å². The molecular formula is C14H17ClN4S. The van der Waals surface area contributed by atoms with Gasteiger partial charge in [0.15, 0.2) is 5.16 Å². The highest BCUT2D eigenvalue weighted by atomic mass is 35.5. The minimum atomic E-state index is 0.607. The molecule has 0 saturated carbocycles. The Morgan fingerprint density at radius 3 is 3.00 bits per heavy atom. The second-order valence-electron chi connectivity index (χ2n) is 5.01. The van der Waals surface area contributed by atoms with Crippen molar-refractivity contribution in [2.75, 3.05) is 5.73 Å². The Bertz CT molecular complexity index is 611. The number of nitrogens with zero attached hydrogens (tertiary/aromatic N) is 3. The highest BCUT2D eigenvalue weighted by Gasteiger charge is 2.14. The minimum absolute atomic E-state index is 0.607. The summed E-state index contributed by atoms with van der Waals surface area (Å²) < 4.78 is 2.26. The van der Waals surface area contributed by atoms with Gasteiger partial charge in [0.1, 0.15) is 5.82 Å². The zero-order chi connectivity index (χ0) is 13.9. The molecule has 3 rings (SSSR count). The van der Waals surface area contributed by atoms with Gasteiger partial charge < -0.3 is 10.3 Å². The van der Waals surface area contributed by atoms with Crippen LogP contribution in [0.25, 0.3) is 0 Å². The van der Waals surface area contributed by atoms with E-state index in [4.69, 9.17) is 17.3 Å². The SMILES string of the molecule is Nc1cc(CSc2nnc3n2CCCCC3)ccc1Cl. The van der Waals surface area contributed by atoms with Crippen LogP contribution >= 0.6 is 23.4 Å². The van der Waals surface area contributed by atoms with Crippen LogP contribution in [-0.4, -0.2) is 14.8 Å². The zero-order valence-corrected chi connectivity index (χ0v) is 12.8. The Kier molecular flexibility index (Phi) is 4.17. The third kappa shape index (κ3) is 2.94. The Morgan fingerprint density at radius 2 is 2.15 bits per heavy atom. The number of hydrogen-bond donors (Lipinski definition) is 1. The molecule has 4 nitrogen and oxygen atoms in total. The molecule has 0 unspecified atom stereocenters. The second kappa shape index (κ2) is 6.06. The van der Waals surface area contributed by atoms with Gasteiger partial charge in [-0.05, 0) is 30.5 Å². The number of benzene rings is 1. The number of nitrogens with two attached hydrogens (primary N) is 1. The van der Waals surface area contributed by atoms with Gasteiger partial charge in [-0.2, -0.15) is 0 Å². The molecule has 0 spiro atoms. The van der Waals surface area contributed by atoms with Crippen LogP contribution in [0.5, 0.6) is 0 Å². The first-order valence-electron chi connectivity index (χ1n) is 6.83. The number of rotatable bonds is 3. The molecule has 0 radical (unpaired) electrons. The summed E-state index contributed by atoms with van der Waals surface area (Å²) in [5.74, 6) is 1.96. The number of anilines is 1. The number of aromatic nitrogens is 3. The number of thioether (sulfide) groups is 1. The number of fused-ring (bicyclic) bond motifs is 1. The summed E-state index contributed by atoms with van der Waals surface area (Å²) in [5.41, 5.74) is 7.61. The van der Waals surface area contributed by atoms with Crippen LogP contribution in [0, 0.1) is 0 Å². The van der Waals surface area contributed by atoms with Gasteiger partial charge in [-0.25, -0.2) is 0 Å². The third-order valence-corrected chi connectivity index (χ3v) is 4.89. The molecule has 1 aliphatic rings. The minimum Gasteiger partial charge on any atom is -0.398 e. The first kappa shape index (κ1) is 13.8. The van der Waals surface area contributed by atoms with Crippen LogP contribution in [0.3, 0.4) is 0 Å². The molecule has 1 aromatic heterocycles. The molecule has 1 aliphatic heterocycles. The Hall–Kier alpha value is -1.20. The van der Waals surface area contributed by atoms with E-state index in [0.29, 0.717) is 10.7 Å². The number of halogens is 1. The van der Waals surface area contributed by atoms with Crippen molar-refractivity contribution in [3.05, 3.63) is 34.6 Å². The van der Waals surface area contributed by atoms with Gasteiger partial charge in [0, 0.05) is 18.7 Å². The van der Waals surface area contributed by atoms with Gasteiger partial charge in [0.2, 0.25) is 0 Å². The fraction of sp³-hybridized carbons (Fsp3) is 0.429. The molecule has 0 fully saturated rings. The van der Waals surface area contributed by atoms with Crippen LogP contribution in [-0.2, 0) is 18.7 Å². The molecule has 106 valence electrons. The lowest BCUT2D eigenvalue weighted by molar-refractivity contribution is 0.591. The molecule has 1 aromatic carbocycles. The van der Waals surface area contributed by atoms with Crippen molar-refractivity contribution in [2.45, 2.75) is 43.1 Å². The van der Waals surface area contributed by atoms with Crippen molar-refractivity contribution in [1.82, 2.24) is 14.8 Å². The van der Waals surface area contributed by atoms with Crippen molar-refractivity contribution in [3.63, 3.8) is 0 Å². The summed E-state index contributed by atoms with van der Waals surface area (Å²) in [6.07, 6.45) is 4.76. The van der Waals surface area contributed by atoms with E-state index in [1.165, 1.54) is 19.3 Å². The summed E-state index contributed by atoms with van der Waals surface area (Å²) in [5, 5.41) is 10.2. The maximum Gasteiger partial charge on any atom is 0.191 e. The van der Waals surface area contributed by atoms with Crippen molar-refractivity contribution in [2.24, 2.45) is 0 Å². The Labute approximate surface area is 127 Å². The van der Waals surface area contributed by atoms with E-state index >= 15 is 0 Å². The van der Waals surface area contributed by atoms with Gasteiger partial charge >= 0.3 is 0 Å². The fourth-order valence-corrected chi connectivity index (χ4v) is 3.44. The monoisotopic (exact) mass is 308 g/mol. The predicted molar refractivity (Wildman–Crippen MR) is 83.0 cm³/mol. The lowest BCUT2D eigenvalue weighted by Gasteiger charge is -2.07. The van der Waals surface area contributed by atoms with E-state index < -0.39 is 0 Å². The van der Waals surface area contributed by atoms with E-state index in [1.807, 2.05) is 18.2 Å². The zero-order valence-electron chi connectivity index (χ0n) is 11.2. The maximum atomic E-state index is 5.94. The van der Waals surface area contributed by atoms with Gasteiger partial charge in [0.25, 0.3) is 0 Å². The average molecular weight is 309 g/mol. The molecule has 0 atom stereocenters. The first-order valence-corrected chi connectivity index (χ1v) is 8.19. The normalized spacial score (nSPS) is 14.8. The summed E-state index contributed by atoms with van der Waals surface area (Å²) in [6.45, 7) is 1.04. The van der Waals surface area contributed by atoms with Crippen molar-refractivity contribution >= 4 is 29.1 Å². The predicted octanol–water partition coefficient (Wildman–Crippen LogP) is 3.53. The molecule has 0 saturated heterocycles. The number of hydrogen-bond acceptors (Lipinski definition) is 4. The van der Waals surface area contributed by atoms with Crippen LogP contribution in [0.4, 0.5) is 5.69 Å². The van der Waals surface area contributed by atoms with E-state index in [2.05, 4.69) is 14.8 Å². The molecule has 0 bridgehead atoms. The molecular weight excluding hydrogens is 292 g/mol. The van der Waals surface area contributed by atoms with Crippen molar-refractivity contribution in [3.8, 4) is 0 Å². The quantitative estimate of drug-likeness (QED) is 0.696. The molecule has 0 amide bonds. The standard InChI is InChI=1S/C14H17ClN4S/c15-11-6-5-10(8-12(11)16)9-20-14-18-17-13-4-2-1-3-7-19(13)14/h5-6,8H,1-4,7,9,16H2. The highest BCUT2D eigenvalue weighted by molar-refractivity contribution is 7.98. The van der Waals surface area contributed by atoms with E-state index in [9.17, 15) is 0 Å². The Morgan fingerprint density at radius 1 is 1.25 bits per heavy atom. The lowest BCUT2D eigenvalue weighted by Crippen LogP contribution is -2.02. The number of nitrogen functional groups attached to an aromatic ring is 1. The Balaban J connectivity index is 1.72. The van der Waals surface area contributed by atoms with Crippen LogP contribution in [0.1, 0.15) is 30.7 Å². The van der Waals surface area contributed by atoms with E-state index in [1.54, 1.807) is 11.8 Å². The van der Waals surface area contributed by atoms with Gasteiger partial charge in [-0.1, -0.05) is 35.9 Å². The molecule has 6 heteroatoms. The van der Waals surface area contributed by atoms with Gasteiger partial charge in [0.05, 0.1) is 10.7 Å². The van der Waals surface area contributed by atoms with E-state index in [0.717, 1.165) is 35.3 Å². The summed E-state index contributed by atoms with van der Waals surface area (Å²) in [7, 11) is 0. The first-order chi connectivity index (χ1) is 9.74. The van der Waals surface area contributed by atoms with Gasteiger partial charge in [-0.3, -0.25) is 0 Å². The topological polar surface area (TPSA) is 56.7 Å². The molecule has 2 heterocycles. The van der Waals surface area contributed by atoms with Crippen molar-refractivity contribution in [1.29, 1.82) is 0 Å². The molecule has 2 aromatic rings. The van der Waals surface area contributed by atoms with Crippen LogP contribution in [0.2, 0.25) is 5.02 Å². The van der Waals surface area contributed by atoms with Crippen molar-refractivity contribution < 1.29 is 0 Å². The smallest absolute Gasteiger partial charge is 0.191 e. The number of aryl methyl sites for hydroxylation is 1. The van der Waals surface area contributed by atoms with E-state index in [-0.39, 0.29) is 0 Å².